The van der Waals surface area contributed by atoms with Crippen molar-refractivity contribution in [2.24, 2.45) is 0 Å². The first-order valence-electron chi connectivity index (χ1n) is 6.77. The molecular weight excluding hydrogens is 305 g/mol. The molecule has 22 heavy (non-hydrogen) atoms. The first-order valence-corrected chi connectivity index (χ1v) is 7.15. The van der Waals surface area contributed by atoms with Gasteiger partial charge in [-0.05, 0) is 19.1 Å². The van der Waals surface area contributed by atoms with E-state index in [0.29, 0.717) is 21.7 Å². The Bertz CT molecular complexity index is 857. The molecular formula is C17H13ClFNO2. The minimum atomic E-state index is -0.395. The van der Waals surface area contributed by atoms with Crippen LogP contribution in [0.4, 0.5) is 4.39 Å². The second-order valence-corrected chi connectivity index (χ2v) is 5.35. The number of rotatable bonds is 3. The van der Waals surface area contributed by atoms with Crippen LogP contribution < -0.4 is 5.32 Å². The summed E-state index contributed by atoms with van der Waals surface area (Å²) < 4.78 is 19.1. The predicted molar refractivity (Wildman–Crippen MR) is 83.5 cm³/mol. The molecule has 2 aromatic carbocycles. The van der Waals surface area contributed by atoms with E-state index < -0.39 is 5.91 Å². The van der Waals surface area contributed by atoms with E-state index >= 15 is 0 Å². The molecule has 3 rings (SSSR count). The lowest BCUT2D eigenvalue weighted by atomic mass is 10.1. The smallest absolute Gasteiger partial charge is 0.287 e. The lowest BCUT2D eigenvalue weighted by molar-refractivity contribution is 0.0924. The number of para-hydroxylation sites is 1. The zero-order valence-corrected chi connectivity index (χ0v) is 12.6. The number of fused-ring (bicyclic) bond motifs is 1. The van der Waals surface area contributed by atoms with Crippen LogP contribution in [0.15, 0.2) is 46.9 Å². The Balaban J connectivity index is 1.85. The van der Waals surface area contributed by atoms with Crippen molar-refractivity contribution in [3.63, 3.8) is 0 Å². The summed E-state index contributed by atoms with van der Waals surface area (Å²) >= 11 is 6.07. The van der Waals surface area contributed by atoms with Crippen LogP contribution in [-0.2, 0) is 6.54 Å². The lowest BCUT2D eigenvalue weighted by Crippen LogP contribution is -2.23. The van der Waals surface area contributed by atoms with Crippen LogP contribution in [0, 0.1) is 12.7 Å². The molecule has 0 saturated carbocycles. The molecule has 1 aromatic heterocycles. The van der Waals surface area contributed by atoms with Crippen molar-refractivity contribution in [3.8, 4) is 0 Å². The van der Waals surface area contributed by atoms with E-state index in [4.69, 9.17) is 16.0 Å². The molecule has 0 unspecified atom stereocenters. The molecule has 0 spiro atoms. The Morgan fingerprint density at radius 1 is 1.23 bits per heavy atom. The van der Waals surface area contributed by atoms with Gasteiger partial charge < -0.3 is 9.73 Å². The van der Waals surface area contributed by atoms with Gasteiger partial charge in [-0.1, -0.05) is 41.9 Å². The molecule has 0 aliphatic heterocycles. The fraction of sp³-hybridized carbons (Fsp3) is 0.118. The summed E-state index contributed by atoms with van der Waals surface area (Å²) in [5.41, 5.74) is 1.61. The third-order valence-corrected chi connectivity index (χ3v) is 3.82. The van der Waals surface area contributed by atoms with Crippen molar-refractivity contribution >= 4 is 28.5 Å². The SMILES string of the molecule is Cc1c(C(=O)NCc2ccccc2F)oc2c(Cl)cccc12. The van der Waals surface area contributed by atoms with Crippen LogP contribution in [0.25, 0.3) is 11.0 Å². The number of amides is 1. The maximum Gasteiger partial charge on any atom is 0.287 e. The van der Waals surface area contributed by atoms with Crippen LogP contribution >= 0.6 is 11.6 Å². The molecule has 5 heteroatoms. The lowest BCUT2D eigenvalue weighted by Gasteiger charge is -2.05. The Kier molecular flexibility index (Phi) is 3.86. The number of nitrogens with one attached hydrogen (secondary N) is 1. The standard InChI is InChI=1S/C17H13ClFNO2/c1-10-12-6-4-7-13(18)16(12)22-15(10)17(21)20-9-11-5-2-3-8-14(11)19/h2-8H,9H2,1H3,(H,20,21). The molecule has 1 N–H and O–H groups in total. The Morgan fingerprint density at radius 3 is 2.73 bits per heavy atom. The van der Waals surface area contributed by atoms with Crippen molar-refractivity contribution in [2.75, 3.05) is 0 Å². The number of carbonyl (C=O) groups is 1. The minimum absolute atomic E-state index is 0.0930. The van der Waals surface area contributed by atoms with Crippen LogP contribution in [0.3, 0.4) is 0 Å². The maximum absolute atomic E-state index is 13.5. The fourth-order valence-electron chi connectivity index (χ4n) is 2.32. The van der Waals surface area contributed by atoms with E-state index in [1.165, 1.54) is 6.07 Å². The highest BCUT2D eigenvalue weighted by molar-refractivity contribution is 6.35. The summed E-state index contributed by atoms with van der Waals surface area (Å²) in [6.07, 6.45) is 0. The number of benzene rings is 2. The quantitative estimate of drug-likeness (QED) is 0.774. The van der Waals surface area contributed by atoms with Gasteiger partial charge in [0.2, 0.25) is 0 Å². The molecule has 3 nitrogen and oxygen atoms in total. The molecule has 1 amide bonds. The summed E-state index contributed by atoms with van der Waals surface area (Å²) in [7, 11) is 0. The van der Waals surface area contributed by atoms with Gasteiger partial charge in [-0.3, -0.25) is 4.79 Å². The zero-order chi connectivity index (χ0) is 15.7. The van der Waals surface area contributed by atoms with Gasteiger partial charge >= 0.3 is 0 Å². The molecule has 0 atom stereocenters. The van der Waals surface area contributed by atoms with Crippen LogP contribution in [0.1, 0.15) is 21.7 Å². The second kappa shape index (κ2) is 5.81. The molecule has 0 fully saturated rings. The van der Waals surface area contributed by atoms with Gasteiger partial charge in [0.25, 0.3) is 5.91 Å². The van der Waals surface area contributed by atoms with E-state index in [2.05, 4.69) is 5.32 Å². The van der Waals surface area contributed by atoms with Gasteiger partial charge in [-0.15, -0.1) is 0 Å². The minimum Gasteiger partial charge on any atom is -0.449 e. The van der Waals surface area contributed by atoms with Crippen LogP contribution in [0.5, 0.6) is 0 Å². The summed E-state index contributed by atoms with van der Waals surface area (Å²) in [5.74, 6) is -0.556. The van der Waals surface area contributed by atoms with Crippen molar-refractivity contribution < 1.29 is 13.6 Å². The molecule has 1 heterocycles. The first-order chi connectivity index (χ1) is 10.6. The van der Waals surface area contributed by atoms with Gasteiger partial charge in [0.1, 0.15) is 5.82 Å². The third-order valence-electron chi connectivity index (χ3n) is 3.52. The molecule has 0 aliphatic carbocycles. The van der Waals surface area contributed by atoms with Crippen molar-refractivity contribution in [1.29, 1.82) is 0 Å². The normalized spacial score (nSPS) is 10.9. The summed E-state index contributed by atoms with van der Waals surface area (Å²) in [4.78, 5) is 12.3. The molecule has 0 aliphatic rings. The first kappa shape index (κ1) is 14.6. The Hall–Kier alpha value is -2.33. The van der Waals surface area contributed by atoms with Crippen LogP contribution in [0.2, 0.25) is 5.02 Å². The highest BCUT2D eigenvalue weighted by Crippen LogP contribution is 2.30. The average molecular weight is 318 g/mol. The van der Waals surface area contributed by atoms with Gasteiger partial charge in [0.05, 0.1) is 5.02 Å². The van der Waals surface area contributed by atoms with E-state index in [1.54, 1.807) is 37.3 Å². The number of aryl methyl sites for hydroxylation is 1. The van der Waals surface area contributed by atoms with E-state index in [1.807, 2.05) is 6.07 Å². The number of carbonyl (C=O) groups excluding carboxylic acids is 1. The largest absolute Gasteiger partial charge is 0.449 e. The number of halogens is 2. The molecule has 0 radical (unpaired) electrons. The van der Waals surface area contributed by atoms with Gasteiger partial charge in [-0.25, -0.2) is 4.39 Å². The molecule has 3 aromatic rings. The highest BCUT2D eigenvalue weighted by atomic mass is 35.5. The molecule has 112 valence electrons. The van der Waals surface area contributed by atoms with Gasteiger partial charge in [-0.2, -0.15) is 0 Å². The highest BCUT2D eigenvalue weighted by Gasteiger charge is 2.19. The van der Waals surface area contributed by atoms with E-state index in [9.17, 15) is 9.18 Å². The number of furan rings is 1. The zero-order valence-electron chi connectivity index (χ0n) is 11.8. The summed E-state index contributed by atoms with van der Waals surface area (Å²) in [5, 5.41) is 3.91. The Morgan fingerprint density at radius 2 is 2.00 bits per heavy atom. The maximum atomic E-state index is 13.5. The number of hydrogen-bond acceptors (Lipinski definition) is 2. The summed E-state index contributed by atoms with van der Waals surface area (Å²) in [6.45, 7) is 1.88. The Labute approximate surface area is 131 Å². The van der Waals surface area contributed by atoms with Crippen molar-refractivity contribution in [2.45, 2.75) is 13.5 Å². The molecule has 0 saturated heterocycles. The van der Waals surface area contributed by atoms with Crippen LogP contribution in [-0.4, -0.2) is 5.91 Å². The van der Waals surface area contributed by atoms with Gasteiger partial charge in [0, 0.05) is 23.1 Å². The van der Waals surface area contributed by atoms with E-state index in [-0.39, 0.29) is 18.1 Å². The van der Waals surface area contributed by atoms with Crippen molar-refractivity contribution in [1.82, 2.24) is 5.32 Å². The number of hydrogen-bond donors (Lipinski definition) is 1. The van der Waals surface area contributed by atoms with Crippen molar-refractivity contribution in [3.05, 3.63) is 70.2 Å². The van der Waals surface area contributed by atoms with E-state index in [0.717, 1.165) is 5.39 Å². The summed E-state index contributed by atoms with van der Waals surface area (Å²) in [6, 6.07) is 11.6. The predicted octanol–water partition coefficient (Wildman–Crippen LogP) is 4.46. The topological polar surface area (TPSA) is 42.2 Å². The van der Waals surface area contributed by atoms with Gasteiger partial charge in [0.15, 0.2) is 11.3 Å². The molecule has 0 bridgehead atoms. The second-order valence-electron chi connectivity index (χ2n) is 4.95. The third kappa shape index (κ3) is 2.57. The average Bonchev–Trinajstić information content (AvgIpc) is 2.85. The fourth-order valence-corrected chi connectivity index (χ4v) is 2.54. The monoisotopic (exact) mass is 317 g/mol.